The molecule has 1 aliphatic heterocycles. The molecule has 1 N–H and O–H groups in total. The molecule has 0 aromatic rings. The topological polar surface area (TPSA) is 30.5 Å². The molecule has 0 saturated heterocycles. The van der Waals surface area contributed by atoms with Crippen molar-refractivity contribution < 1.29 is 9.64 Å². The van der Waals surface area contributed by atoms with Crippen LogP contribution in [0.5, 0.6) is 0 Å². The minimum Gasteiger partial charge on any atom is -0.619 e. The van der Waals surface area contributed by atoms with E-state index in [0.29, 0.717) is 0 Å². The molecule has 1 atom stereocenters. The summed E-state index contributed by atoms with van der Waals surface area (Å²) in [6, 6.07) is 0. The summed E-state index contributed by atoms with van der Waals surface area (Å²) in [6.07, 6.45) is 0.845. The first kappa shape index (κ1) is 10.5. The highest BCUT2D eigenvalue weighted by atomic mass is 16.5. The second kappa shape index (κ2) is 2.71. The van der Waals surface area contributed by atoms with Gasteiger partial charge in [0.25, 0.3) is 5.66 Å². The van der Waals surface area contributed by atoms with Gasteiger partial charge in [-0.1, -0.05) is 6.92 Å². The van der Waals surface area contributed by atoms with Crippen molar-refractivity contribution in [2.24, 2.45) is 0 Å². The summed E-state index contributed by atoms with van der Waals surface area (Å²) in [5.41, 5.74) is 0.657. The van der Waals surface area contributed by atoms with E-state index in [-0.39, 0.29) is 11.2 Å². The Morgan fingerprint density at radius 2 is 1.77 bits per heavy atom. The van der Waals surface area contributed by atoms with E-state index in [1.807, 2.05) is 13.8 Å². The predicted molar refractivity (Wildman–Crippen MR) is 54.0 cm³/mol. The van der Waals surface area contributed by atoms with Crippen LogP contribution in [0.15, 0.2) is 0 Å². The van der Waals surface area contributed by atoms with Crippen molar-refractivity contribution in [3.05, 3.63) is 5.21 Å². The van der Waals surface area contributed by atoms with Gasteiger partial charge in [0.05, 0.1) is 20.9 Å². The lowest BCUT2D eigenvalue weighted by Gasteiger charge is -2.29. The average molecular weight is 185 g/mol. The molecular weight excluding hydrogens is 164 g/mol. The van der Waals surface area contributed by atoms with Gasteiger partial charge < -0.3 is 5.21 Å². The number of nitrogens with one attached hydrogen (secondary N) is 1. The van der Waals surface area contributed by atoms with E-state index in [0.717, 1.165) is 12.1 Å². The molecule has 1 aliphatic rings. The van der Waals surface area contributed by atoms with Crippen LogP contribution < -0.4 is 4.90 Å². The number of hydrogen-bond donors (Lipinski definition) is 1. The van der Waals surface area contributed by atoms with Crippen LogP contribution in [0.3, 0.4) is 0 Å². The fraction of sp³-hybridized carbons (Fsp3) is 0.900. The van der Waals surface area contributed by atoms with Gasteiger partial charge in [0, 0.05) is 20.3 Å². The van der Waals surface area contributed by atoms with Gasteiger partial charge in [-0.3, -0.25) is 4.90 Å². The summed E-state index contributed by atoms with van der Waals surface area (Å²) in [4.78, 5) is 1.27. The summed E-state index contributed by atoms with van der Waals surface area (Å²) >= 11 is 0. The molecule has 76 valence electrons. The fourth-order valence-electron chi connectivity index (χ4n) is 2.31. The molecule has 3 nitrogen and oxygen atoms in total. The summed E-state index contributed by atoms with van der Waals surface area (Å²) in [5, 5.41) is 11.9. The van der Waals surface area contributed by atoms with Crippen molar-refractivity contribution >= 4 is 5.71 Å². The fourth-order valence-corrected chi connectivity index (χ4v) is 2.31. The lowest BCUT2D eigenvalue weighted by atomic mass is 9.95. The maximum absolute atomic E-state index is 11.9. The van der Waals surface area contributed by atoms with E-state index >= 15 is 0 Å². The van der Waals surface area contributed by atoms with E-state index in [9.17, 15) is 5.21 Å². The van der Waals surface area contributed by atoms with Crippen molar-refractivity contribution in [2.75, 3.05) is 7.05 Å². The van der Waals surface area contributed by atoms with Gasteiger partial charge in [0.1, 0.15) is 0 Å². The number of hydrogen-bond acceptors (Lipinski definition) is 1. The zero-order valence-corrected chi connectivity index (χ0v) is 9.56. The van der Waals surface area contributed by atoms with Crippen LogP contribution in [0, 0.1) is 5.21 Å². The third kappa shape index (κ3) is 1.17. The SMILES string of the molecule is CCC1=[N+]([O-])C(C)(C)[NH+](C)C1(C)C. The maximum Gasteiger partial charge on any atom is 0.292 e. The smallest absolute Gasteiger partial charge is 0.292 e. The van der Waals surface area contributed by atoms with Crippen LogP contribution in [0.4, 0.5) is 0 Å². The van der Waals surface area contributed by atoms with Crippen LogP contribution in [0.2, 0.25) is 0 Å². The highest BCUT2D eigenvalue weighted by Gasteiger charge is 2.57. The first-order chi connectivity index (χ1) is 5.76. The Hall–Kier alpha value is -0.570. The third-order valence-electron chi connectivity index (χ3n) is 3.66. The van der Waals surface area contributed by atoms with Crippen molar-refractivity contribution in [2.45, 2.75) is 52.2 Å². The monoisotopic (exact) mass is 185 g/mol. The van der Waals surface area contributed by atoms with Gasteiger partial charge in [-0.25, -0.2) is 0 Å². The highest BCUT2D eigenvalue weighted by Crippen LogP contribution is 2.17. The first-order valence-corrected chi connectivity index (χ1v) is 4.94. The van der Waals surface area contributed by atoms with Crippen LogP contribution in [0.25, 0.3) is 0 Å². The molecule has 0 saturated carbocycles. The van der Waals surface area contributed by atoms with E-state index in [4.69, 9.17) is 0 Å². The van der Waals surface area contributed by atoms with Gasteiger partial charge in [-0.15, -0.1) is 0 Å². The molecule has 0 aromatic heterocycles. The third-order valence-corrected chi connectivity index (χ3v) is 3.66. The lowest BCUT2D eigenvalue weighted by Crippen LogP contribution is -3.22. The Labute approximate surface area is 80.6 Å². The second-order valence-corrected chi connectivity index (χ2v) is 4.90. The maximum atomic E-state index is 11.9. The zero-order valence-electron chi connectivity index (χ0n) is 9.56. The molecule has 1 rings (SSSR count). The van der Waals surface area contributed by atoms with Crippen molar-refractivity contribution in [1.29, 1.82) is 0 Å². The van der Waals surface area contributed by atoms with Gasteiger partial charge in [0.15, 0.2) is 5.54 Å². The van der Waals surface area contributed by atoms with Crippen LogP contribution >= 0.6 is 0 Å². The van der Waals surface area contributed by atoms with E-state index < -0.39 is 0 Å². The first-order valence-electron chi connectivity index (χ1n) is 4.94. The molecule has 3 heteroatoms. The van der Waals surface area contributed by atoms with Gasteiger partial charge >= 0.3 is 0 Å². The van der Waals surface area contributed by atoms with Gasteiger partial charge in [-0.05, 0) is 0 Å². The zero-order chi connectivity index (χ0) is 10.4. The summed E-state index contributed by atoms with van der Waals surface area (Å²) in [7, 11) is 2.09. The van der Waals surface area contributed by atoms with Gasteiger partial charge in [-0.2, -0.15) is 4.74 Å². The number of hydroxylamine groups is 1. The van der Waals surface area contributed by atoms with Crippen molar-refractivity contribution in [3.8, 4) is 0 Å². The minimum absolute atomic E-state index is 0.0278. The summed E-state index contributed by atoms with van der Waals surface area (Å²) in [5.74, 6) is 0. The Bertz CT molecular complexity index is 254. The van der Waals surface area contributed by atoms with Crippen molar-refractivity contribution in [1.82, 2.24) is 0 Å². The largest absolute Gasteiger partial charge is 0.619 e. The summed E-state index contributed by atoms with van der Waals surface area (Å²) < 4.78 is 1.20. The average Bonchev–Trinajstić information content (AvgIpc) is 2.12. The molecular formula is C10H21N2O+. The number of nitrogens with zero attached hydrogens (tertiary/aromatic N) is 1. The Morgan fingerprint density at radius 3 is 1.92 bits per heavy atom. The van der Waals surface area contributed by atoms with Crippen LogP contribution in [0.1, 0.15) is 41.0 Å². The molecule has 0 aliphatic carbocycles. The normalized spacial score (nSPS) is 31.1. The lowest BCUT2D eigenvalue weighted by molar-refractivity contribution is -1.02. The Kier molecular flexibility index (Phi) is 2.19. The minimum atomic E-state index is -0.325. The van der Waals surface area contributed by atoms with E-state index in [1.54, 1.807) is 0 Å². The van der Waals surface area contributed by atoms with Crippen LogP contribution in [-0.4, -0.2) is 28.7 Å². The molecule has 0 aromatic carbocycles. The van der Waals surface area contributed by atoms with Gasteiger partial charge in [0.2, 0.25) is 5.71 Å². The molecule has 0 bridgehead atoms. The molecule has 0 spiro atoms. The Balaban J connectivity index is 3.23. The highest BCUT2D eigenvalue weighted by molar-refractivity contribution is 5.87. The molecule has 1 unspecified atom stereocenters. The standard InChI is InChI=1S/C10H20N2O/c1-7-8-9(2,3)11(6)10(4,5)12(8)13/h7H2,1-6H3/p+1. The van der Waals surface area contributed by atoms with E-state index in [2.05, 4.69) is 27.8 Å². The molecule has 0 amide bonds. The molecule has 1 heterocycles. The molecule has 13 heavy (non-hydrogen) atoms. The number of rotatable bonds is 1. The van der Waals surface area contributed by atoms with Crippen LogP contribution in [-0.2, 0) is 0 Å². The second-order valence-electron chi connectivity index (χ2n) is 4.90. The van der Waals surface area contributed by atoms with Crippen molar-refractivity contribution in [3.63, 3.8) is 0 Å². The number of quaternary nitrogens is 1. The quantitative estimate of drug-likeness (QED) is 0.465. The predicted octanol–water partition coefficient (Wildman–Crippen LogP) is 0.391. The van der Waals surface area contributed by atoms with E-state index in [1.165, 1.54) is 9.64 Å². The summed E-state index contributed by atoms with van der Waals surface area (Å²) in [6.45, 7) is 10.3. The molecule has 0 radical (unpaired) electrons. The Morgan fingerprint density at radius 1 is 1.31 bits per heavy atom. The molecule has 0 fully saturated rings.